The highest BCUT2D eigenvalue weighted by atomic mass is 16.7. The average Bonchev–Trinajstić information content (AvgIpc) is 3.10. The molecule has 5 rings (SSSR count). The fourth-order valence-electron chi connectivity index (χ4n) is 9.34. The SMILES string of the molecule is C=C1C[C@@]23CC[C@H]4[C@@](C)(CCC[C@@]4(C)C(=O)OC4OC(COC(=O)CC(=O)O)C(O)C(O)C4O)[C@@H]2CC[C@@H]1C3. The van der Waals surface area contributed by atoms with Crippen LogP contribution in [0.3, 0.4) is 0 Å². The van der Waals surface area contributed by atoms with Crippen molar-refractivity contribution in [1.29, 1.82) is 0 Å². The number of aliphatic hydroxyl groups excluding tert-OH is 3. The van der Waals surface area contributed by atoms with Crippen molar-refractivity contribution in [2.75, 3.05) is 6.61 Å². The minimum absolute atomic E-state index is 0.0253. The molecule has 0 aromatic carbocycles. The van der Waals surface area contributed by atoms with Gasteiger partial charge in [0.2, 0.25) is 6.29 Å². The zero-order chi connectivity index (χ0) is 28.3. The molecule has 4 N–H and O–H groups in total. The predicted octanol–water partition coefficient (Wildman–Crippen LogP) is 2.32. The summed E-state index contributed by atoms with van der Waals surface area (Å²) >= 11 is 0. The number of ether oxygens (including phenoxy) is 3. The average molecular weight is 551 g/mol. The van der Waals surface area contributed by atoms with Crippen molar-refractivity contribution in [3.05, 3.63) is 12.2 Å². The van der Waals surface area contributed by atoms with Crippen LogP contribution in [0.1, 0.15) is 78.1 Å². The van der Waals surface area contributed by atoms with E-state index >= 15 is 0 Å². The Labute approximate surface area is 228 Å². The van der Waals surface area contributed by atoms with Crippen LogP contribution in [-0.2, 0) is 28.6 Å². The number of allylic oxidation sites excluding steroid dienone is 1. The zero-order valence-corrected chi connectivity index (χ0v) is 22.8. The van der Waals surface area contributed by atoms with Crippen LogP contribution in [0.4, 0.5) is 0 Å². The Morgan fingerprint density at radius 2 is 1.74 bits per heavy atom. The van der Waals surface area contributed by atoms with Gasteiger partial charge in [-0.3, -0.25) is 14.4 Å². The number of aliphatic carboxylic acids is 1. The van der Waals surface area contributed by atoms with E-state index in [9.17, 15) is 29.7 Å². The second-order valence-corrected chi connectivity index (χ2v) is 13.3. The molecule has 0 aromatic heterocycles. The summed E-state index contributed by atoms with van der Waals surface area (Å²) in [6.07, 6.45) is 0.350. The summed E-state index contributed by atoms with van der Waals surface area (Å²) in [6.45, 7) is 8.11. The maximum atomic E-state index is 13.9. The van der Waals surface area contributed by atoms with E-state index in [4.69, 9.17) is 19.3 Å². The first kappa shape index (κ1) is 28.5. The van der Waals surface area contributed by atoms with Crippen molar-refractivity contribution in [3.63, 3.8) is 0 Å². The highest BCUT2D eigenvalue weighted by Gasteiger charge is 2.65. The number of esters is 2. The van der Waals surface area contributed by atoms with Crippen LogP contribution in [0.25, 0.3) is 0 Å². The van der Waals surface area contributed by atoms with Gasteiger partial charge in [0, 0.05) is 0 Å². The molecule has 10 heteroatoms. The van der Waals surface area contributed by atoms with E-state index in [0.717, 1.165) is 44.9 Å². The van der Waals surface area contributed by atoms with Gasteiger partial charge in [0.15, 0.2) is 0 Å². The molecule has 39 heavy (non-hydrogen) atoms. The van der Waals surface area contributed by atoms with Gasteiger partial charge in [-0.1, -0.05) is 25.5 Å². The van der Waals surface area contributed by atoms with Crippen LogP contribution in [-0.4, -0.2) is 75.6 Å². The van der Waals surface area contributed by atoms with E-state index in [-0.39, 0.29) is 16.7 Å². The monoisotopic (exact) mass is 550 g/mol. The number of carbonyl (C=O) groups excluding carboxylic acids is 2. The van der Waals surface area contributed by atoms with E-state index in [1.54, 1.807) is 0 Å². The Balaban J connectivity index is 1.30. The summed E-state index contributed by atoms with van der Waals surface area (Å²) in [7, 11) is 0. The molecule has 5 unspecified atom stereocenters. The van der Waals surface area contributed by atoms with Gasteiger partial charge in [-0.15, -0.1) is 0 Å². The minimum atomic E-state index is -1.72. The molecule has 1 heterocycles. The van der Waals surface area contributed by atoms with Crippen molar-refractivity contribution in [3.8, 4) is 0 Å². The van der Waals surface area contributed by atoms with E-state index in [0.29, 0.717) is 18.3 Å². The molecule has 1 saturated heterocycles. The van der Waals surface area contributed by atoms with Gasteiger partial charge in [-0.25, -0.2) is 0 Å². The molecule has 1 spiro atoms. The molecule has 1 aliphatic heterocycles. The van der Waals surface area contributed by atoms with Crippen molar-refractivity contribution in [2.24, 2.45) is 34.0 Å². The molecule has 5 fully saturated rings. The number of hydrogen-bond acceptors (Lipinski definition) is 9. The normalized spacial score (nSPS) is 47.1. The van der Waals surface area contributed by atoms with Gasteiger partial charge >= 0.3 is 17.9 Å². The smallest absolute Gasteiger partial charge is 0.317 e. The van der Waals surface area contributed by atoms with Gasteiger partial charge in [-0.05, 0) is 86.9 Å². The standard InChI is InChI=1S/C29H42O10/c1-15-12-29-10-7-18-27(2,19(29)6-5-16(15)13-29)8-4-9-28(18,3)26(36)39-25-24(35)23(34)22(33)17(38-25)14-37-21(32)11-20(30)31/h16-19,22-25,33-35H,1,4-14H2,2-3H3,(H,30,31)/t16-,17?,18+,19+,22?,23?,24?,25?,27-,28-,29-/m1/s1. The number of rotatable bonds is 6. The fourth-order valence-corrected chi connectivity index (χ4v) is 9.34. The lowest BCUT2D eigenvalue weighted by atomic mass is 9.41. The molecular weight excluding hydrogens is 508 g/mol. The number of hydrogen-bond donors (Lipinski definition) is 4. The van der Waals surface area contributed by atoms with Crippen LogP contribution in [0.15, 0.2) is 12.2 Å². The van der Waals surface area contributed by atoms with E-state index in [1.165, 1.54) is 12.0 Å². The Bertz CT molecular complexity index is 1030. The molecule has 2 bridgehead atoms. The van der Waals surface area contributed by atoms with Crippen LogP contribution in [0.5, 0.6) is 0 Å². The Morgan fingerprint density at radius 1 is 1.00 bits per heavy atom. The lowest BCUT2D eigenvalue weighted by molar-refractivity contribution is -0.298. The Morgan fingerprint density at radius 3 is 2.46 bits per heavy atom. The van der Waals surface area contributed by atoms with Gasteiger partial charge in [-0.2, -0.15) is 0 Å². The van der Waals surface area contributed by atoms with E-state index in [2.05, 4.69) is 13.5 Å². The molecule has 218 valence electrons. The minimum Gasteiger partial charge on any atom is -0.481 e. The maximum absolute atomic E-state index is 13.9. The molecule has 5 aliphatic rings. The fraction of sp³-hybridized carbons (Fsp3) is 0.828. The molecule has 10 nitrogen and oxygen atoms in total. The highest BCUT2D eigenvalue weighted by molar-refractivity contribution is 5.90. The van der Waals surface area contributed by atoms with Crippen molar-refractivity contribution >= 4 is 17.9 Å². The molecule has 4 saturated carbocycles. The largest absolute Gasteiger partial charge is 0.481 e. The van der Waals surface area contributed by atoms with Gasteiger partial charge in [0.1, 0.15) is 37.4 Å². The summed E-state index contributed by atoms with van der Waals surface area (Å²) in [5, 5.41) is 40.1. The van der Waals surface area contributed by atoms with Crippen LogP contribution >= 0.6 is 0 Å². The molecule has 0 radical (unpaired) electrons. The molecule has 0 aromatic rings. The molecule has 11 atom stereocenters. The van der Waals surface area contributed by atoms with Crippen molar-refractivity contribution in [2.45, 2.75) is 109 Å². The first-order valence-corrected chi connectivity index (χ1v) is 14.3. The number of carboxylic acids is 1. The quantitative estimate of drug-likeness (QED) is 0.220. The van der Waals surface area contributed by atoms with Gasteiger partial charge < -0.3 is 34.6 Å². The highest BCUT2D eigenvalue weighted by Crippen LogP contribution is 2.72. The third-order valence-corrected chi connectivity index (χ3v) is 11.1. The Hall–Kier alpha value is -2.01. The van der Waals surface area contributed by atoms with E-state index < -0.39 is 67.1 Å². The summed E-state index contributed by atoms with van der Waals surface area (Å²) in [5.74, 6) is -1.69. The summed E-state index contributed by atoms with van der Waals surface area (Å²) in [5.41, 5.74) is 0.837. The van der Waals surface area contributed by atoms with Crippen LogP contribution in [0, 0.1) is 34.0 Å². The summed E-state index contributed by atoms with van der Waals surface area (Å²) < 4.78 is 16.2. The molecule has 0 amide bonds. The second kappa shape index (κ2) is 10.1. The van der Waals surface area contributed by atoms with Gasteiger partial charge in [0.25, 0.3) is 0 Å². The third kappa shape index (κ3) is 4.71. The van der Waals surface area contributed by atoms with E-state index in [1.807, 2.05) is 6.92 Å². The van der Waals surface area contributed by atoms with Gasteiger partial charge in [0.05, 0.1) is 5.41 Å². The predicted molar refractivity (Wildman–Crippen MR) is 136 cm³/mol. The molecular formula is C29H42O10. The van der Waals surface area contributed by atoms with Crippen molar-refractivity contribution < 1.29 is 49.0 Å². The first-order chi connectivity index (χ1) is 18.3. The third-order valence-electron chi connectivity index (χ3n) is 11.1. The number of carboxylic acid groups (broad SMARTS) is 1. The number of carbonyl (C=O) groups is 3. The number of fused-ring (bicyclic) bond motifs is 3. The topological polar surface area (TPSA) is 160 Å². The number of aliphatic hydroxyl groups is 3. The Kier molecular flexibility index (Phi) is 7.40. The van der Waals surface area contributed by atoms with Crippen LogP contribution < -0.4 is 0 Å². The maximum Gasteiger partial charge on any atom is 0.317 e. The summed E-state index contributed by atoms with van der Waals surface area (Å²) in [4.78, 5) is 36.2. The lowest BCUT2D eigenvalue weighted by Crippen LogP contribution is -2.62. The second-order valence-electron chi connectivity index (χ2n) is 13.3. The summed E-state index contributed by atoms with van der Waals surface area (Å²) in [6, 6.07) is 0. The van der Waals surface area contributed by atoms with Crippen molar-refractivity contribution in [1.82, 2.24) is 0 Å². The zero-order valence-electron chi connectivity index (χ0n) is 22.8. The van der Waals surface area contributed by atoms with Crippen LogP contribution in [0.2, 0.25) is 0 Å². The molecule has 4 aliphatic carbocycles. The first-order valence-electron chi connectivity index (χ1n) is 14.3. The lowest BCUT2D eigenvalue weighted by Gasteiger charge is -2.63.